The molecule has 2 aromatic carbocycles. The highest BCUT2D eigenvalue weighted by molar-refractivity contribution is 6.09. The molecule has 5 rings (SSSR count). The third-order valence-corrected chi connectivity index (χ3v) is 5.69. The molecule has 0 atom stereocenters. The number of hydrogen-bond acceptors (Lipinski definition) is 3. The lowest BCUT2D eigenvalue weighted by molar-refractivity contribution is 0.0519. The Morgan fingerprint density at radius 3 is 2.19 bits per heavy atom. The lowest BCUT2D eigenvalue weighted by Crippen LogP contribution is -2.50. The van der Waals surface area contributed by atoms with E-state index in [1.807, 2.05) is 17.0 Å². The molecule has 1 aliphatic heterocycles. The molecule has 2 aliphatic rings. The quantitative estimate of drug-likeness (QED) is 0.706. The Morgan fingerprint density at radius 1 is 0.778 bits per heavy atom. The lowest BCUT2D eigenvalue weighted by atomic mass is 9.99. The number of nitrogens with zero attached hydrogens (tertiary/aromatic N) is 2. The average Bonchev–Trinajstić information content (AvgIpc) is 3.39. The van der Waals surface area contributed by atoms with Gasteiger partial charge in [0.25, 0.3) is 11.8 Å². The monoisotopic (exact) mass is 360 g/mol. The third kappa shape index (κ3) is 2.62. The molecule has 1 saturated heterocycles. The molecule has 5 nitrogen and oxygen atoms in total. The van der Waals surface area contributed by atoms with Gasteiger partial charge in [-0.05, 0) is 52.9 Å². The first kappa shape index (κ1) is 16.1. The Bertz CT molecular complexity index is 1020. The molecule has 0 unspecified atom stereocenters. The van der Waals surface area contributed by atoms with Crippen LogP contribution in [0.1, 0.15) is 32.0 Å². The Hall–Kier alpha value is -3.08. The number of carbonyl (C=O) groups excluding carboxylic acids is 2. The molecule has 0 spiro atoms. The molecular formula is C22H20N2O3. The van der Waals surface area contributed by atoms with Crippen molar-refractivity contribution in [2.24, 2.45) is 0 Å². The summed E-state index contributed by atoms with van der Waals surface area (Å²) in [6.07, 6.45) is 3.61. The zero-order chi connectivity index (χ0) is 18.4. The van der Waals surface area contributed by atoms with E-state index >= 15 is 0 Å². The Labute approximate surface area is 157 Å². The molecule has 1 aromatic heterocycles. The number of furan rings is 1. The topological polar surface area (TPSA) is 53.8 Å². The van der Waals surface area contributed by atoms with Gasteiger partial charge in [0.05, 0.1) is 6.26 Å². The second kappa shape index (κ2) is 6.27. The summed E-state index contributed by atoms with van der Waals surface area (Å²) in [5, 5.41) is 2.32. The number of piperazine rings is 1. The first-order valence-electron chi connectivity index (χ1n) is 9.38. The number of aryl methyl sites for hydroxylation is 2. The van der Waals surface area contributed by atoms with E-state index in [0.29, 0.717) is 31.9 Å². The van der Waals surface area contributed by atoms with Gasteiger partial charge in [0.2, 0.25) is 0 Å². The molecule has 1 fully saturated rings. The van der Waals surface area contributed by atoms with Gasteiger partial charge in [0, 0.05) is 31.7 Å². The van der Waals surface area contributed by atoms with Crippen molar-refractivity contribution in [2.45, 2.75) is 12.8 Å². The van der Waals surface area contributed by atoms with E-state index in [0.717, 1.165) is 23.8 Å². The SMILES string of the molecule is O=C(c1ccco1)N1CCN(C(=O)c2ccc3c4c(cccc24)CC3)CC1. The van der Waals surface area contributed by atoms with E-state index < -0.39 is 0 Å². The van der Waals surface area contributed by atoms with E-state index in [-0.39, 0.29) is 11.8 Å². The van der Waals surface area contributed by atoms with Crippen molar-refractivity contribution in [2.75, 3.05) is 26.2 Å². The predicted molar refractivity (Wildman–Crippen MR) is 102 cm³/mol. The van der Waals surface area contributed by atoms with E-state index in [2.05, 4.69) is 18.2 Å². The Balaban J connectivity index is 1.36. The van der Waals surface area contributed by atoms with E-state index in [1.165, 1.54) is 22.8 Å². The van der Waals surface area contributed by atoms with Crippen LogP contribution in [-0.2, 0) is 12.8 Å². The van der Waals surface area contributed by atoms with Crippen molar-refractivity contribution in [1.82, 2.24) is 9.80 Å². The second-order valence-corrected chi connectivity index (χ2v) is 7.17. The third-order valence-electron chi connectivity index (χ3n) is 5.69. The van der Waals surface area contributed by atoms with Crippen molar-refractivity contribution >= 4 is 22.6 Å². The van der Waals surface area contributed by atoms with Crippen LogP contribution < -0.4 is 0 Å². The summed E-state index contributed by atoms with van der Waals surface area (Å²) in [6.45, 7) is 2.11. The van der Waals surface area contributed by atoms with Gasteiger partial charge in [0.1, 0.15) is 0 Å². The van der Waals surface area contributed by atoms with Crippen molar-refractivity contribution in [3.63, 3.8) is 0 Å². The van der Waals surface area contributed by atoms with Crippen LogP contribution >= 0.6 is 0 Å². The van der Waals surface area contributed by atoms with Gasteiger partial charge >= 0.3 is 0 Å². The van der Waals surface area contributed by atoms with Crippen LogP contribution in [0, 0.1) is 0 Å². The van der Waals surface area contributed by atoms with Gasteiger partial charge < -0.3 is 14.2 Å². The second-order valence-electron chi connectivity index (χ2n) is 7.17. The summed E-state index contributed by atoms with van der Waals surface area (Å²) in [4.78, 5) is 29.2. The molecular weight excluding hydrogens is 340 g/mol. The molecule has 2 heterocycles. The van der Waals surface area contributed by atoms with Gasteiger partial charge in [-0.3, -0.25) is 9.59 Å². The summed E-state index contributed by atoms with van der Waals surface area (Å²) in [7, 11) is 0. The summed E-state index contributed by atoms with van der Waals surface area (Å²) < 4.78 is 5.20. The summed E-state index contributed by atoms with van der Waals surface area (Å²) in [5.74, 6) is 0.287. The van der Waals surface area contributed by atoms with E-state index in [1.54, 1.807) is 17.0 Å². The van der Waals surface area contributed by atoms with Crippen LogP contribution in [0.3, 0.4) is 0 Å². The highest BCUT2D eigenvalue weighted by Crippen LogP contribution is 2.33. The zero-order valence-corrected chi connectivity index (χ0v) is 15.0. The minimum absolute atomic E-state index is 0.0516. The molecule has 0 bridgehead atoms. The van der Waals surface area contributed by atoms with Gasteiger partial charge in [0.15, 0.2) is 5.76 Å². The van der Waals surface area contributed by atoms with Crippen molar-refractivity contribution in [1.29, 1.82) is 0 Å². The highest BCUT2D eigenvalue weighted by atomic mass is 16.3. The maximum Gasteiger partial charge on any atom is 0.289 e. The summed E-state index contributed by atoms with van der Waals surface area (Å²) >= 11 is 0. The minimum atomic E-state index is -0.113. The molecule has 3 aromatic rings. The highest BCUT2D eigenvalue weighted by Gasteiger charge is 2.28. The van der Waals surface area contributed by atoms with Crippen LogP contribution in [0.15, 0.2) is 53.1 Å². The molecule has 0 radical (unpaired) electrons. The van der Waals surface area contributed by atoms with E-state index in [9.17, 15) is 9.59 Å². The van der Waals surface area contributed by atoms with Crippen molar-refractivity contribution in [3.05, 3.63) is 71.2 Å². The van der Waals surface area contributed by atoms with Gasteiger partial charge in [-0.1, -0.05) is 24.3 Å². The van der Waals surface area contributed by atoms with Crippen LogP contribution in [0.2, 0.25) is 0 Å². The standard InChI is InChI=1S/C22H20N2O3/c25-21(18-9-8-16-7-6-15-3-1-4-17(18)20(15)16)23-10-12-24(13-11-23)22(26)19-5-2-14-27-19/h1-5,8-9,14H,6-7,10-13H2. The molecule has 0 N–H and O–H groups in total. The predicted octanol–water partition coefficient (Wildman–Crippen LogP) is 3.13. The molecule has 136 valence electrons. The summed E-state index contributed by atoms with van der Waals surface area (Å²) in [5.41, 5.74) is 3.44. The van der Waals surface area contributed by atoms with Crippen molar-refractivity contribution < 1.29 is 14.0 Å². The van der Waals surface area contributed by atoms with E-state index in [4.69, 9.17) is 4.42 Å². The molecule has 1 aliphatic carbocycles. The molecule has 0 saturated carbocycles. The normalized spacial score (nSPS) is 16.1. The first-order chi connectivity index (χ1) is 13.2. The van der Waals surface area contributed by atoms with Gasteiger partial charge in [-0.2, -0.15) is 0 Å². The zero-order valence-electron chi connectivity index (χ0n) is 15.0. The summed E-state index contributed by atoms with van der Waals surface area (Å²) in [6, 6.07) is 13.7. The average molecular weight is 360 g/mol. The Kier molecular flexibility index (Phi) is 3.74. The van der Waals surface area contributed by atoms with Gasteiger partial charge in [-0.25, -0.2) is 0 Å². The molecule has 27 heavy (non-hydrogen) atoms. The maximum atomic E-state index is 13.2. The lowest BCUT2D eigenvalue weighted by Gasteiger charge is -2.34. The van der Waals surface area contributed by atoms with Crippen LogP contribution in [0.4, 0.5) is 0 Å². The van der Waals surface area contributed by atoms with Gasteiger partial charge in [-0.15, -0.1) is 0 Å². The van der Waals surface area contributed by atoms with Crippen LogP contribution in [-0.4, -0.2) is 47.8 Å². The fourth-order valence-electron chi connectivity index (χ4n) is 4.27. The first-order valence-corrected chi connectivity index (χ1v) is 9.38. The number of benzene rings is 2. The number of hydrogen-bond donors (Lipinski definition) is 0. The Morgan fingerprint density at radius 2 is 1.48 bits per heavy atom. The number of rotatable bonds is 2. The van der Waals surface area contributed by atoms with Crippen LogP contribution in [0.5, 0.6) is 0 Å². The fraction of sp³-hybridized carbons (Fsp3) is 0.273. The maximum absolute atomic E-state index is 13.2. The smallest absolute Gasteiger partial charge is 0.289 e. The molecule has 2 amide bonds. The largest absolute Gasteiger partial charge is 0.459 e. The fourth-order valence-corrected chi connectivity index (χ4v) is 4.27. The number of amides is 2. The minimum Gasteiger partial charge on any atom is -0.459 e. The van der Waals surface area contributed by atoms with Crippen molar-refractivity contribution in [3.8, 4) is 0 Å². The molecule has 5 heteroatoms. The number of carbonyl (C=O) groups is 2. The van der Waals surface area contributed by atoms with Crippen LogP contribution in [0.25, 0.3) is 10.8 Å².